The summed E-state index contributed by atoms with van der Waals surface area (Å²) < 4.78 is 1.67. The molecule has 0 unspecified atom stereocenters. The van der Waals surface area contributed by atoms with Gasteiger partial charge >= 0.3 is 0 Å². The van der Waals surface area contributed by atoms with Gasteiger partial charge in [-0.2, -0.15) is 5.10 Å². The van der Waals surface area contributed by atoms with Crippen LogP contribution in [0.1, 0.15) is 27.0 Å². The molecule has 0 saturated carbocycles. The lowest BCUT2D eigenvalue weighted by molar-refractivity contribution is 0.102. The first kappa shape index (κ1) is 17.8. The van der Waals surface area contributed by atoms with Crippen molar-refractivity contribution in [3.63, 3.8) is 0 Å². The van der Waals surface area contributed by atoms with Gasteiger partial charge in [0.05, 0.1) is 11.8 Å². The molecular weight excluding hydrogens is 372 g/mol. The molecule has 0 atom stereocenters. The van der Waals surface area contributed by atoms with E-state index in [0.717, 1.165) is 22.3 Å². The quantitative estimate of drug-likeness (QED) is 0.521. The molecule has 5 nitrogen and oxygen atoms in total. The number of amides is 1. The Labute approximate surface area is 167 Å². The van der Waals surface area contributed by atoms with Crippen LogP contribution in [-0.2, 0) is 0 Å². The summed E-state index contributed by atoms with van der Waals surface area (Å²) in [6, 6.07) is 14.2. The number of nitrogens with zero attached hydrogens (tertiary/aromatic N) is 3. The summed E-state index contributed by atoms with van der Waals surface area (Å²) in [4.78, 5) is 16.8. The Morgan fingerprint density at radius 3 is 2.75 bits per heavy atom. The molecule has 4 rings (SSSR count). The van der Waals surface area contributed by atoms with Crippen LogP contribution in [0.3, 0.4) is 0 Å². The fraction of sp³-hybridized carbons (Fsp3) is 0.0455. The van der Waals surface area contributed by atoms with Crippen LogP contribution >= 0.6 is 11.6 Å². The topological polar surface area (TPSA) is 59.3 Å². The Kier molecular flexibility index (Phi) is 4.79. The highest BCUT2D eigenvalue weighted by Gasteiger charge is 2.08. The summed E-state index contributed by atoms with van der Waals surface area (Å²) in [6.45, 7) is 1.96. The average Bonchev–Trinajstić information content (AvgIpc) is 3.17. The minimum absolute atomic E-state index is 0.204. The number of aromatic nitrogens is 3. The van der Waals surface area contributed by atoms with Crippen LogP contribution in [0, 0.1) is 18.8 Å². The minimum Gasteiger partial charge on any atom is -0.322 e. The van der Waals surface area contributed by atoms with E-state index in [1.165, 1.54) is 0 Å². The zero-order valence-electron chi connectivity index (χ0n) is 15.0. The van der Waals surface area contributed by atoms with Crippen LogP contribution in [0.5, 0.6) is 0 Å². The van der Waals surface area contributed by atoms with Crippen molar-refractivity contribution in [2.45, 2.75) is 6.92 Å². The number of fused-ring (bicyclic) bond motifs is 1. The van der Waals surface area contributed by atoms with Crippen molar-refractivity contribution in [1.82, 2.24) is 14.6 Å². The van der Waals surface area contributed by atoms with E-state index in [0.29, 0.717) is 16.3 Å². The maximum Gasteiger partial charge on any atom is 0.255 e. The van der Waals surface area contributed by atoms with Gasteiger partial charge in [0.15, 0.2) is 5.65 Å². The predicted octanol–water partition coefficient (Wildman–Crippen LogP) is 4.34. The van der Waals surface area contributed by atoms with Crippen LogP contribution in [-0.4, -0.2) is 20.5 Å². The predicted molar refractivity (Wildman–Crippen MR) is 110 cm³/mol. The Morgan fingerprint density at radius 2 is 1.93 bits per heavy atom. The van der Waals surface area contributed by atoms with Crippen LogP contribution in [0.4, 0.5) is 5.69 Å². The number of anilines is 1. The second-order valence-corrected chi connectivity index (χ2v) is 6.65. The summed E-state index contributed by atoms with van der Waals surface area (Å²) in [7, 11) is 0. The lowest BCUT2D eigenvalue weighted by Crippen LogP contribution is -2.12. The summed E-state index contributed by atoms with van der Waals surface area (Å²) in [5, 5.41) is 7.63. The maximum atomic E-state index is 12.5. The van der Waals surface area contributed by atoms with Gasteiger partial charge in [-0.05, 0) is 48.9 Å². The van der Waals surface area contributed by atoms with Crippen molar-refractivity contribution < 1.29 is 4.79 Å². The summed E-state index contributed by atoms with van der Waals surface area (Å²) in [5.74, 6) is 6.01. The Bertz CT molecular complexity index is 1230. The number of halogens is 1. The number of rotatable bonds is 2. The Morgan fingerprint density at radius 1 is 1.11 bits per heavy atom. The molecule has 0 radical (unpaired) electrons. The van der Waals surface area contributed by atoms with Crippen LogP contribution in [0.25, 0.3) is 5.65 Å². The van der Waals surface area contributed by atoms with Gasteiger partial charge in [-0.3, -0.25) is 4.79 Å². The van der Waals surface area contributed by atoms with E-state index in [2.05, 4.69) is 27.2 Å². The van der Waals surface area contributed by atoms with E-state index in [9.17, 15) is 4.79 Å². The fourth-order valence-corrected chi connectivity index (χ4v) is 2.77. The van der Waals surface area contributed by atoms with Crippen molar-refractivity contribution in [3.05, 3.63) is 94.4 Å². The summed E-state index contributed by atoms with van der Waals surface area (Å²) >= 11 is 5.88. The van der Waals surface area contributed by atoms with Crippen molar-refractivity contribution >= 4 is 28.8 Å². The summed E-state index contributed by atoms with van der Waals surface area (Å²) in [5.41, 5.74) is 4.49. The van der Waals surface area contributed by atoms with Crippen molar-refractivity contribution in [2.24, 2.45) is 0 Å². The molecule has 0 fully saturated rings. The smallest absolute Gasteiger partial charge is 0.255 e. The second kappa shape index (κ2) is 7.55. The third kappa shape index (κ3) is 3.88. The second-order valence-electron chi connectivity index (χ2n) is 6.22. The van der Waals surface area contributed by atoms with Crippen LogP contribution in [0.2, 0.25) is 5.02 Å². The Balaban J connectivity index is 1.58. The van der Waals surface area contributed by atoms with Gasteiger partial charge in [0.2, 0.25) is 0 Å². The lowest BCUT2D eigenvalue weighted by atomic mass is 10.0. The highest BCUT2D eigenvalue weighted by molar-refractivity contribution is 6.30. The first-order chi connectivity index (χ1) is 13.6. The number of hydrogen-bond donors (Lipinski definition) is 1. The lowest BCUT2D eigenvalue weighted by Gasteiger charge is -2.07. The number of hydrogen-bond acceptors (Lipinski definition) is 3. The highest BCUT2D eigenvalue weighted by atomic mass is 35.5. The fourth-order valence-electron chi connectivity index (χ4n) is 2.65. The van der Waals surface area contributed by atoms with E-state index in [4.69, 9.17) is 11.6 Å². The molecule has 0 saturated heterocycles. The first-order valence-electron chi connectivity index (χ1n) is 8.57. The molecule has 2 heterocycles. The van der Waals surface area contributed by atoms with Gasteiger partial charge in [-0.1, -0.05) is 29.5 Å². The molecule has 28 heavy (non-hydrogen) atoms. The minimum atomic E-state index is -0.204. The number of benzene rings is 2. The van der Waals surface area contributed by atoms with Gasteiger partial charge in [0.25, 0.3) is 5.91 Å². The van der Waals surface area contributed by atoms with E-state index in [1.807, 2.05) is 25.3 Å². The monoisotopic (exact) mass is 386 g/mol. The first-order valence-corrected chi connectivity index (χ1v) is 8.95. The number of nitrogens with one attached hydrogen (secondary N) is 1. The van der Waals surface area contributed by atoms with Gasteiger partial charge in [0.1, 0.15) is 0 Å². The van der Waals surface area contributed by atoms with Gasteiger partial charge < -0.3 is 5.32 Å². The molecule has 136 valence electrons. The summed E-state index contributed by atoms with van der Waals surface area (Å²) in [6.07, 6.45) is 5.21. The largest absolute Gasteiger partial charge is 0.322 e. The molecule has 2 aromatic carbocycles. The third-order valence-corrected chi connectivity index (χ3v) is 4.44. The van der Waals surface area contributed by atoms with E-state index in [-0.39, 0.29) is 5.91 Å². The zero-order chi connectivity index (χ0) is 19.5. The van der Waals surface area contributed by atoms with Gasteiger partial charge in [0, 0.05) is 40.3 Å². The molecular formula is C22H15ClN4O. The van der Waals surface area contributed by atoms with E-state index >= 15 is 0 Å². The molecule has 4 aromatic rings. The molecule has 0 aliphatic heterocycles. The van der Waals surface area contributed by atoms with E-state index < -0.39 is 0 Å². The van der Waals surface area contributed by atoms with Crippen LogP contribution < -0.4 is 5.32 Å². The molecule has 0 spiro atoms. The SMILES string of the molecule is Cc1ccc(C(=O)Nc2ccc(Cl)cc2)cc1C#Cc1cnc2ccnn2c1. The zero-order valence-corrected chi connectivity index (χ0v) is 15.7. The van der Waals surface area contributed by atoms with Crippen LogP contribution in [0.15, 0.2) is 67.1 Å². The normalized spacial score (nSPS) is 10.4. The molecule has 6 heteroatoms. The van der Waals surface area contributed by atoms with Crippen molar-refractivity contribution in [2.75, 3.05) is 5.32 Å². The van der Waals surface area contributed by atoms with Gasteiger partial charge in [-0.15, -0.1) is 0 Å². The molecule has 0 aliphatic rings. The number of carbonyl (C=O) groups excluding carboxylic acids is 1. The number of carbonyl (C=O) groups is 1. The molecule has 0 bridgehead atoms. The molecule has 1 amide bonds. The van der Waals surface area contributed by atoms with Gasteiger partial charge in [-0.25, -0.2) is 9.50 Å². The van der Waals surface area contributed by atoms with Crippen molar-refractivity contribution in [3.8, 4) is 11.8 Å². The maximum absolute atomic E-state index is 12.5. The number of aryl methyl sites for hydroxylation is 1. The standard InChI is InChI=1S/C22H15ClN4O/c1-15-2-4-18(22(28)26-20-8-6-19(23)7-9-20)12-17(15)5-3-16-13-24-21-10-11-25-27(21)14-16/h2,4,6-14H,1H3,(H,26,28). The Hall–Kier alpha value is -3.62. The third-order valence-electron chi connectivity index (χ3n) is 4.19. The highest BCUT2D eigenvalue weighted by Crippen LogP contribution is 2.16. The van der Waals surface area contributed by atoms with E-state index in [1.54, 1.807) is 53.3 Å². The molecule has 1 N–H and O–H groups in total. The average molecular weight is 387 g/mol. The van der Waals surface area contributed by atoms with Crippen molar-refractivity contribution in [1.29, 1.82) is 0 Å². The molecule has 0 aliphatic carbocycles. The molecule has 2 aromatic heterocycles.